The van der Waals surface area contributed by atoms with Crippen molar-refractivity contribution >= 4 is 25.0 Å². The number of carbonyl (C=O) groups excluding carboxylic acids is 1. The first-order valence-electron chi connectivity index (χ1n) is 8.31. The molecule has 2 aromatic rings. The minimum atomic E-state index is -2.54. The molecule has 0 fully saturated rings. The van der Waals surface area contributed by atoms with Crippen LogP contribution in [-0.2, 0) is 9.22 Å². The van der Waals surface area contributed by atoms with E-state index < -0.39 is 8.32 Å². The van der Waals surface area contributed by atoms with Crippen molar-refractivity contribution in [3.63, 3.8) is 0 Å². The highest BCUT2D eigenvalue weighted by molar-refractivity contribution is 6.99. The molecular formula is C21H26O2Si. The topological polar surface area (TPSA) is 26.3 Å². The number of hydrogen-bond acceptors (Lipinski definition) is 2. The Morgan fingerprint density at radius 3 is 1.75 bits per heavy atom. The maximum atomic E-state index is 11.2. The third-order valence-corrected chi connectivity index (χ3v) is 9.38. The maximum absolute atomic E-state index is 11.2. The lowest BCUT2D eigenvalue weighted by Gasteiger charge is -2.43. The van der Waals surface area contributed by atoms with Gasteiger partial charge in [-0.15, -0.1) is 0 Å². The summed E-state index contributed by atoms with van der Waals surface area (Å²) in [4.78, 5) is 11.2. The van der Waals surface area contributed by atoms with E-state index in [2.05, 4.69) is 69.3 Å². The fraction of sp³-hybridized carbons (Fsp3) is 0.286. The highest BCUT2D eigenvalue weighted by Crippen LogP contribution is 2.36. The molecule has 0 radical (unpaired) electrons. The van der Waals surface area contributed by atoms with Gasteiger partial charge in [0, 0.05) is 5.57 Å². The molecule has 0 aliphatic carbocycles. The van der Waals surface area contributed by atoms with Crippen molar-refractivity contribution in [3.05, 3.63) is 72.3 Å². The number of hydrogen-bond donors (Lipinski definition) is 0. The molecule has 0 heterocycles. The van der Waals surface area contributed by atoms with E-state index in [9.17, 15) is 4.79 Å². The summed E-state index contributed by atoms with van der Waals surface area (Å²) in [5.74, 6) is 0. The number of allylic oxidation sites excluding steroid dienone is 1. The monoisotopic (exact) mass is 338 g/mol. The molecular weight excluding hydrogens is 312 g/mol. The zero-order valence-electron chi connectivity index (χ0n) is 15.0. The zero-order valence-corrected chi connectivity index (χ0v) is 16.0. The highest BCUT2D eigenvalue weighted by Gasteiger charge is 2.50. The summed E-state index contributed by atoms with van der Waals surface area (Å²) in [7, 11) is -2.54. The molecule has 2 rings (SSSR count). The van der Waals surface area contributed by atoms with E-state index in [0.717, 1.165) is 6.29 Å². The molecule has 0 spiro atoms. The van der Waals surface area contributed by atoms with Gasteiger partial charge in [0.15, 0.2) is 0 Å². The van der Waals surface area contributed by atoms with Crippen LogP contribution in [0.3, 0.4) is 0 Å². The minimum Gasteiger partial charge on any atom is -0.403 e. The van der Waals surface area contributed by atoms with Gasteiger partial charge in [0.1, 0.15) is 6.29 Å². The van der Waals surface area contributed by atoms with Gasteiger partial charge in [-0.1, -0.05) is 87.5 Å². The third-order valence-electron chi connectivity index (χ3n) is 4.39. The lowest BCUT2D eigenvalue weighted by molar-refractivity contribution is -0.105. The first-order chi connectivity index (χ1) is 11.5. The molecule has 0 amide bonds. The molecule has 0 saturated carbocycles. The van der Waals surface area contributed by atoms with E-state index in [1.807, 2.05) is 25.1 Å². The average Bonchev–Trinajstić information content (AvgIpc) is 2.59. The van der Waals surface area contributed by atoms with Crippen molar-refractivity contribution in [1.29, 1.82) is 0 Å². The van der Waals surface area contributed by atoms with Crippen molar-refractivity contribution in [3.8, 4) is 0 Å². The molecule has 2 nitrogen and oxygen atoms in total. The van der Waals surface area contributed by atoms with Crippen molar-refractivity contribution in [2.45, 2.75) is 32.7 Å². The van der Waals surface area contributed by atoms with Gasteiger partial charge in [-0.3, -0.25) is 4.79 Å². The van der Waals surface area contributed by atoms with Gasteiger partial charge >= 0.3 is 0 Å². The summed E-state index contributed by atoms with van der Waals surface area (Å²) in [6.45, 7) is 8.91. The standard InChI is InChI=1S/C21H26O2Si/c1-5-18(16-22)17-23-24(21(2,3)4,19-12-8-6-9-13-19)20-14-10-7-11-15-20/h5-16H,17H2,1-4H3. The SMILES string of the molecule is CC=C(C=O)CO[Si](c1ccccc1)(c1ccccc1)C(C)(C)C. The Kier molecular flexibility index (Phi) is 5.92. The van der Waals surface area contributed by atoms with Crippen LogP contribution in [-0.4, -0.2) is 21.2 Å². The second kappa shape index (κ2) is 7.73. The van der Waals surface area contributed by atoms with Crippen molar-refractivity contribution in [2.75, 3.05) is 6.61 Å². The van der Waals surface area contributed by atoms with Crippen molar-refractivity contribution in [1.82, 2.24) is 0 Å². The Labute approximate surface area is 146 Å². The summed E-state index contributed by atoms with van der Waals surface area (Å²) < 4.78 is 6.65. The van der Waals surface area contributed by atoms with Gasteiger partial charge in [0.25, 0.3) is 8.32 Å². The third kappa shape index (κ3) is 3.58. The van der Waals surface area contributed by atoms with Crippen LogP contribution >= 0.6 is 0 Å². The molecule has 0 aromatic heterocycles. The van der Waals surface area contributed by atoms with Gasteiger partial charge in [0.2, 0.25) is 0 Å². The summed E-state index contributed by atoms with van der Waals surface area (Å²) in [5.41, 5.74) is 0.683. The fourth-order valence-electron chi connectivity index (χ4n) is 3.14. The van der Waals surface area contributed by atoms with Crippen LogP contribution in [0.1, 0.15) is 27.7 Å². The van der Waals surface area contributed by atoms with Gasteiger partial charge in [0.05, 0.1) is 6.61 Å². The van der Waals surface area contributed by atoms with Crippen LogP contribution in [0.4, 0.5) is 0 Å². The van der Waals surface area contributed by atoms with Crippen LogP contribution in [0.15, 0.2) is 72.3 Å². The maximum Gasteiger partial charge on any atom is 0.261 e. The van der Waals surface area contributed by atoms with Gasteiger partial charge in [-0.05, 0) is 22.3 Å². The molecule has 0 bridgehead atoms. The van der Waals surface area contributed by atoms with E-state index in [-0.39, 0.29) is 5.04 Å². The van der Waals surface area contributed by atoms with Gasteiger partial charge in [-0.2, -0.15) is 0 Å². The van der Waals surface area contributed by atoms with Crippen molar-refractivity contribution < 1.29 is 9.22 Å². The summed E-state index contributed by atoms with van der Waals surface area (Å²) >= 11 is 0. The molecule has 3 heteroatoms. The predicted octanol–water partition coefficient (Wildman–Crippen LogP) is 3.71. The van der Waals surface area contributed by atoms with E-state index in [1.54, 1.807) is 0 Å². The molecule has 0 saturated heterocycles. The fourth-order valence-corrected chi connectivity index (χ4v) is 7.68. The molecule has 24 heavy (non-hydrogen) atoms. The van der Waals surface area contributed by atoms with Crippen LogP contribution in [0, 0.1) is 0 Å². The number of carbonyl (C=O) groups is 1. The summed E-state index contributed by atoms with van der Waals surface area (Å²) in [6, 6.07) is 20.9. The second-order valence-corrected chi connectivity index (χ2v) is 11.2. The predicted molar refractivity (Wildman–Crippen MR) is 103 cm³/mol. The van der Waals surface area contributed by atoms with E-state index in [4.69, 9.17) is 4.43 Å². The summed E-state index contributed by atoms with van der Waals surface area (Å²) in [5, 5.41) is 2.38. The first-order valence-corrected chi connectivity index (χ1v) is 10.2. The van der Waals surface area contributed by atoms with E-state index >= 15 is 0 Å². The Morgan fingerprint density at radius 2 is 1.42 bits per heavy atom. The Hall–Kier alpha value is -1.97. The van der Waals surface area contributed by atoms with E-state index in [0.29, 0.717) is 12.2 Å². The average molecular weight is 339 g/mol. The Bertz CT molecular complexity index is 645. The molecule has 0 aliphatic heterocycles. The normalized spacial score (nSPS) is 12.9. The minimum absolute atomic E-state index is 0.0720. The van der Waals surface area contributed by atoms with E-state index in [1.165, 1.54) is 10.4 Å². The van der Waals surface area contributed by atoms with Crippen LogP contribution < -0.4 is 10.4 Å². The zero-order chi connectivity index (χ0) is 17.6. The molecule has 0 aliphatic rings. The van der Waals surface area contributed by atoms with Crippen LogP contribution in [0.2, 0.25) is 5.04 Å². The molecule has 0 atom stereocenters. The van der Waals surface area contributed by atoms with Crippen LogP contribution in [0.25, 0.3) is 0 Å². The quantitative estimate of drug-likeness (QED) is 0.456. The smallest absolute Gasteiger partial charge is 0.261 e. The van der Waals surface area contributed by atoms with Crippen LogP contribution in [0.5, 0.6) is 0 Å². The number of benzene rings is 2. The second-order valence-electron chi connectivity index (χ2n) is 6.93. The lowest BCUT2D eigenvalue weighted by Crippen LogP contribution is -2.66. The molecule has 0 unspecified atom stereocenters. The molecule has 126 valence electrons. The largest absolute Gasteiger partial charge is 0.403 e. The lowest BCUT2D eigenvalue weighted by atomic mass is 10.2. The summed E-state index contributed by atoms with van der Waals surface area (Å²) in [6.07, 6.45) is 2.71. The Balaban J connectivity index is 2.64. The highest BCUT2D eigenvalue weighted by atomic mass is 28.4. The van der Waals surface area contributed by atoms with Crippen molar-refractivity contribution in [2.24, 2.45) is 0 Å². The number of rotatable bonds is 6. The Morgan fingerprint density at radius 1 is 0.958 bits per heavy atom. The number of aldehydes is 1. The van der Waals surface area contributed by atoms with Gasteiger partial charge in [-0.25, -0.2) is 0 Å². The first kappa shape index (κ1) is 18.4. The molecule has 0 N–H and O–H groups in total. The molecule has 2 aromatic carbocycles. The van der Waals surface area contributed by atoms with Gasteiger partial charge < -0.3 is 4.43 Å².